The van der Waals surface area contributed by atoms with Gasteiger partial charge in [0, 0.05) is 0 Å². The van der Waals surface area contributed by atoms with Crippen molar-refractivity contribution >= 4 is 17.5 Å². The number of benzene rings is 2. The van der Waals surface area contributed by atoms with Crippen molar-refractivity contribution in [3.05, 3.63) is 54.1 Å². The van der Waals surface area contributed by atoms with E-state index in [4.69, 9.17) is 4.74 Å². The van der Waals surface area contributed by atoms with Crippen molar-refractivity contribution < 1.29 is 14.3 Å². The van der Waals surface area contributed by atoms with Crippen molar-refractivity contribution in [1.82, 2.24) is 0 Å². The summed E-state index contributed by atoms with van der Waals surface area (Å²) in [7, 11) is 0. The lowest BCUT2D eigenvalue weighted by atomic mass is 9.76. The summed E-state index contributed by atoms with van der Waals surface area (Å²) in [6, 6.07) is 15.0. The minimum Gasteiger partial charge on any atom is -0.457 e. The van der Waals surface area contributed by atoms with E-state index in [0.29, 0.717) is 17.4 Å². The second-order valence-corrected chi connectivity index (χ2v) is 7.56. The number of hydrogen-bond donors (Lipinski definition) is 0. The Kier molecular flexibility index (Phi) is 4.27. The van der Waals surface area contributed by atoms with Crippen molar-refractivity contribution in [3.63, 3.8) is 0 Å². The van der Waals surface area contributed by atoms with Gasteiger partial charge in [-0.05, 0) is 74.1 Å². The number of aryl methyl sites for hydroxylation is 1. The smallest absolute Gasteiger partial charge is 0.237 e. The Bertz CT molecular complexity index is 843. The van der Waals surface area contributed by atoms with Crippen LogP contribution in [-0.4, -0.2) is 11.8 Å². The number of fused-ring (bicyclic) bond motifs is 1. The first kappa shape index (κ1) is 16.8. The molecular weight excluding hydrogens is 326 g/mol. The van der Waals surface area contributed by atoms with Gasteiger partial charge in [-0.15, -0.1) is 0 Å². The third-order valence-corrected chi connectivity index (χ3v) is 5.51. The summed E-state index contributed by atoms with van der Waals surface area (Å²) in [6.07, 6.45) is 2.67. The summed E-state index contributed by atoms with van der Waals surface area (Å²) in [6.45, 7) is 4.18. The maximum atomic E-state index is 12.8. The summed E-state index contributed by atoms with van der Waals surface area (Å²) in [5.74, 6) is 1.60. The van der Waals surface area contributed by atoms with E-state index >= 15 is 0 Å². The lowest BCUT2D eigenvalue weighted by Crippen LogP contribution is -2.30. The number of carbonyl (C=O) groups is 2. The third-order valence-electron chi connectivity index (χ3n) is 5.51. The van der Waals surface area contributed by atoms with Crippen molar-refractivity contribution in [2.75, 3.05) is 4.90 Å². The molecule has 1 aliphatic carbocycles. The number of carbonyl (C=O) groups excluding carboxylic acids is 2. The molecule has 0 spiro atoms. The summed E-state index contributed by atoms with van der Waals surface area (Å²) in [5.41, 5.74) is 1.77. The second kappa shape index (κ2) is 6.60. The van der Waals surface area contributed by atoms with E-state index in [1.807, 2.05) is 43.3 Å². The maximum absolute atomic E-state index is 12.8. The van der Waals surface area contributed by atoms with Gasteiger partial charge in [0.25, 0.3) is 0 Å². The van der Waals surface area contributed by atoms with Crippen molar-refractivity contribution in [1.29, 1.82) is 0 Å². The fourth-order valence-electron chi connectivity index (χ4n) is 4.12. The fourth-order valence-corrected chi connectivity index (χ4v) is 4.12. The minimum atomic E-state index is -0.144. The normalized spacial score (nSPS) is 25.3. The molecule has 0 bridgehead atoms. The van der Waals surface area contributed by atoms with Crippen LogP contribution in [0.3, 0.4) is 0 Å². The SMILES string of the molecule is Cc1cccc(Oc2ccc(N3C(=O)[C@H]4CC[C@@H](C)C[C@H]4C3=O)cc2)c1. The van der Waals surface area contributed by atoms with Crippen molar-refractivity contribution in [2.45, 2.75) is 33.1 Å². The molecule has 0 radical (unpaired) electrons. The highest BCUT2D eigenvalue weighted by Crippen LogP contribution is 2.42. The second-order valence-electron chi connectivity index (χ2n) is 7.56. The van der Waals surface area contributed by atoms with Crippen LogP contribution in [0.25, 0.3) is 0 Å². The van der Waals surface area contributed by atoms with Gasteiger partial charge in [0.1, 0.15) is 11.5 Å². The molecule has 1 saturated heterocycles. The Hall–Kier alpha value is -2.62. The number of hydrogen-bond acceptors (Lipinski definition) is 3. The molecule has 3 atom stereocenters. The molecule has 2 aromatic carbocycles. The zero-order valence-corrected chi connectivity index (χ0v) is 15.1. The number of imide groups is 1. The Balaban J connectivity index is 1.53. The number of ether oxygens (including phenoxy) is 1. The third kappa shape index (κ3) is 3.00. The molecule has 0 N–H and O–H groups in total. The summed E-state index contributed by atoms with van der Waals surface area (Å²) in [4.78, 5) is 26.9. The average Bonchev–Trinajstić information content (AvgIpc) is 2.86. The van der Waals surface area contributed by atoms with E-state index in [-0.39, 0.29) is 23.7 Å². The van der Waals surface area contributed by atoms with E-state index in [9.17, 15) is 9.59 Å². The van der Waals surface area contributed by atoms with Gasteiger partial charge in [0.2, 0.25) is 11.8 Å². The van der Waals surface area contributed by atoms with E-state index < -0.39 is 0 Å². The van der Waals surface area contributed by atoms with Gasteiger partial charge in [-0.3, -0.25) is 14.5 Å². The van der Waals surface area contributed by atoms with Crippen LogP contribution in [0.2, 0.25) is 0 Å². The van der Waals surface area contributed by atoms with Gasteiger partial charge < -0.3 is 4.74 Å². The fraction of sp³-hybridized carbons (Fsp3) is 0.364. The molecule has 1 heterocycles. The monoisotopic (exact) mass is 349 g/mol. The molecular formula is C22H23NO3. The summed E-state index contributed by atoms with van der Waals surface area (Å²) < 4.78 is 5.85. The summed E-state index contributed by atoms with van der Waals surface area (Å²) >= 11 is 0. The largest absolute Gasteiger partial charge is 0.457 e. The molecule has 4 rings (SSSR count). The molecule has 2 fully saturated rings. The maximum Gasteiger partial charge on any atom is 0.237 e. The van der Waals surface area contributed by atoms with Crippen LogP contribution < -0.4 is 9.64 Å². The molecule has 1 aliphatic heterocycles. The lowest BCUT2D eigenvalue weighted by Gasteiger charge is -2.25. The minimum absolute atomic E-state index is 0.0424. The van der Waals surface area contributed by atoms with Crippen molar-refractivity contribution in [2.24, 2.45) is 17.8 Å². The van der Waals surface area contributed by atoms with Crippen LogP contribution in [0.5, 0.6) is 11.5 Å². The van der Waals surface area contributed by atoms with Crippen LogP contribution in [0.1, 0.15) is 31.7 Å². The zero-order valence-electron chi connectivity index (χ0n) is 15.1. The molecule has 134 valence electrons. The molecule has 0 aromatic heterocycles. The first-order valence-corrected chi connectivity index (χ1v) is 9.25. The average molecular weight is 349 g/mol. The Morgan fingerprint density at radius 3 is 2.38 bits per heavy atom. The van der Waals surface area contributed by atoms with Crippen LogP contribution in [0.15, 0.2) is 48.5 Å². The first-order chi connectivity index (χ1) is 12.5. The highest BCUT2D eigenvalue weighted by molar-refractivity contribution is 6.22. The molecule has 1 saturated carbocycles. The lowest BCUT2D eigenvalue weighted by molar-refractivity contribution is -0.122. The van der Waals surface area contributed by atoms with Crippen LogP contribution >= 0.6 is 0 Å². The quantitative estimate of drug-likeness (QED) is 0.754. The molecule has 2 aromatic rings. The van der Waals surface area contributed by atoms with E-state index in [0.717, 1.165) is 30.6 Å². The van der Waals surface area contributed by atoms with Crippen molar-refractivity contribution in [3.8, 4) is 11.5 Å². The van der Waals surface area contributed by atoms with Crippen LogP contribution in [-0.2, 0) is 9.59 Å². The number of nitrogens with zero attached hydrogens (tertiary/aromatic N) is 1. The Morgan fingerprint density at radius 2 is 1.65 bits per heavy atom. The van der Waals surface area contributed by atoms with E-state index in [1.165, 1.54) is 4.90 Å². The van der Waals surface area contributed by atoms with Gasteiger partial charge in [0.15, 0.2) is 0 Å². The van der Waals surface area contributed by atoms with E-state index in [1.54, 1.807) is 12.1 Å². The van der Waals surface area contributed by atoms with Crippen LogP contribution in [0, 0.1) is 24.7 Å². The van der Waals surface area contributed by atoms with Crippen LogP contribution in [0.4, 0.5) is 5.69 Å². The molecule has 4 heteroatoms. The molecule has 26 heavy (non-hydrogen) atoms. The Labute approximate surface area is 153 Å². The van der Waals surface area contributed by atoms with Gasteiger partial charge in [-0.1, -0.05) is 19.1 Å². The van der Waals surface area contributed by atoms with Gasteiger partial charge in [-0.25, -0.2) is 0 Å². The summed E-state index contributed by atoms with van der Waals surface area (Å²) in [5, 5.41) is 0. The Morgan fingerprint density at radius 1 is 0.923 bits per heavy atom. The zero-order chi connectivity index (χ0) is 18.3. The molecule has 2 amide bonds. The highest BCUT2D eigenvalue weighted by atomic mass is 16.5. The number of anilines is 1. The van der Waals surface area contributed by atoms with E-state index in [2.05, 4.69) is 6.92 Å². The predicted molar refractivity (Wildman–Crippen MR) is 100 cm³/mol. The predicted octanol–water partition coefficient (Wildman–Crippen LogP) is 4.71. The number of amides is 2. The van der Waals surface area contributed by atoms with Gasteiger partial charge in [0.05, 0.1) is 17.5 Å². The molecule has 2 aliphatic rings. The molecule has 4 nitrogen and oxygen atoms in total. The highest BCUT2D eigenvalue weighted by Gasteiger charge is 2.49. The van der Waals surface area contributed by atoms with Gasteiger partial charge >= 0.3 is 0 Å². The molecule has 0 unspecified atom stereocenters. The topological polar surface area (TPSA) is 46.6 Å². The standard InChI is InChI=1S/C22H23NO3/c1-14-4-3-5-18(12-14)26-17-9-7-16(8-10-17)23-21(24)19-11-6-15(2)13-20(19)22(23)25/h3-5,7-10,12,15,19-20H,6,11,13H2,1-2H3/t15-,19+,20-/m1/s1. The number of rotatable bonds is 3. The first-order valence-electron chi connectivity index (χ1n) is 9.25. The van der Waals surface area contributed by atoms with Gasteiger partial charge in [-0.2, -0.15) is 0 Å².